The third kappa shape index (κ3) is 2.97. The molecule has 0 aliphatic heterocycles. The maximum Gasteiger partial charge on any atom is 0.124 e. The van der Waals surface area contributed by atoms with Crippen molar-refractivity contribution >= 4 is 21.6 Å². The Hall–Kier alpha value is -1.36. The van der Waals surface area contributed by atoms with Crippen molar-refractivity contribution in [2.45, 2.75) is 33.2 Å². The summed E-state index contributed by atoms with van der Waals surface area (Å²) in [6.07, 6.45) is 1.62. The fraction of sp³-hybridized carbons (Fsp3) is 0.357. The standard InChI is InChI=1S/C14H17BrFN3/c1-3-12-14(17)13(4-2)19(18-12)8-9-5-10(15)7-11(16)6-9/h5-7H,3-4,8,17H2,1-2H3. The van der Waals surface area contributed by atoms with E-state index in [4.69, 9.17) is 5.73 Å². The molecule has 3 nitrogen and oxygen atoms in total. The molecule has 0 atom stereocenters. The van der Waals surface area contributed by atoms with Gasteiger partial charge in [-0.3, -0.25) is 4.68 Å². The average Bonchev–Trinajstić information content (AvgIpc) is 2.63. The molecule has 19 heavy (non-hydrogen) atoms. The number of anilines is 1. The number of nitrogens with two attached hydrogens (primary N) is 1. The summed E-state index contributed by atoms with van der Waals surface area (Å²) in [5, 5.41) is 4.51. The van der Waals surface area contributed by atoms with E-state index in [1.165, 1.54) is 12.1 Å². The number of nitrogen functional groups attached to an aromatic ring is 1. The maximum atomic E-state index is 13.4. The molecule has 2 rings (SSSR count). The van der Waals surface area contributed by atoms with Crippen LogP contribution in [-0.4, -0.2) is 9.78 Å². The van der Waals surface area contributed by atoms with E-state index in [1.807, 2.05) is 24.6 Å². The van der Waals surface area contributed by atoms with E-state index < -0.39 is 0 Å². The molecule has 0 fully saturated rings. The first-order chi connectivity index (χ1) is 9.05. The van der Waals surface area contributed by atoms with Gasteiger partial charge in [0.2, 0.25) is 0 Å². The summed E-state index contributed by atoms with van der Waals surface area (Å²) in [5.74, 6) is -0.252. The monoisotopic (exact) mass is 325 g/mol. The number of benzene rings is 1. The van der Waals surface area contributed by atoms with Gasteiger partial charge in [0.1, 0.15) is 5.82 Å². The predicted octanol–water partition coefficient (Wildman–Crippen LogP) is 3.54. The van der Waals surface area contributed by atoms with Crippen LogP contribution in [0.15, 0.2) is 22.7 Å². The minimum absolute atomic E-state index is 0.252. The van der Waals surface area contributed by atoms with Gasteiger partial charge >= 0.3 is 0 Å². The first kappa shape index (κ1) is 14.1. The molecular weight excluding hydrogens is 309 g/mol. The minimum Gasteiger partial charge on any atom is -0.396 e. The molecule has 0 saturated heterocycles. The van der Waals surface area contributed by atoms with Crippen molar-refractivity contribution in [2.24, 2.45) is 0 Å². The van der Waals surface area contributed by atoms with E-state index in [1.54, 1.807) is 0 Å². The minimum atomic E-state index is -0.252. The number of hydrogen-bond acceptors (Lipinski definition) is 2. The number of aryl methyl sites for hydroxylation is 1. The Bertz CT molecular complexity index is 572. The highest BCUT2D eigenvalue weighted by Crippen LogP contribution is 2.21. The lowest BCUT2D eigenvalue weighted by molar-refractivity contribution is 0.610. The van der Waals surface area contributed by atoms with Gasteiger partial charge in [-0.15, -0.1) is 0 Å². The van der Waals surface area contributed by atoms with E-state index >= 15 is 0 Å². The lowest BCUT2D eigenvalue weighted by Crippen LogP contribution is -2.07. The van der Waals surface area contributed by atoms with Crippen molar-refractivity contribution in [2.75, 3.05) is 5.73 Å². The molecule has 1 heterocycles. The van der Waals surface area contributed by atoms with Crippen LogP contribution >= 0.6 is 15.9 Å². The molecule has 0 unspecified atom stereocenters. The molecule has 0 radical (unpaired) electrons. The molecule has 102 valence electrons. The SMILES string of the molecule is CCc1nn(Cc2cc(F)cc(Br)c2)c(CC)c1N. The summed E-state index contributed by atoms with van der Waals surface area (Å²) in [7, 11) is 0. The fourth-order valence-electron chi connectivity index (χ4n) is 2.21. The molecular formula is C14H17BrFN3. The number of nitrogens with zero attached hydrogens (tertiary/aromatic N) is 2. The fourth-order valence-corrected chi connectivity index (χ4v) is 2.72. The van der Waals surface area contributed by atoms with Crippen molar-refractivity contribution in [3.05, 3.63) is 45.4 Å². The first-order valence-corrected chi connectivity index (χ1v) is 7.13. The third-order valence-electron chi connectivity index (χ3n) is 3.10. The Morgan fingerprint density at radius 3 is 2.58 bits per heavy atom. The number of halogens is 2. The number of rotatable bonds is 4. The van der Waals surface area contributed by atoms with Crippen molar-refractivity contribution in [1.29, 1.82) is 0 Å². The molecule has 0 aliphatic rings. The quantitative estimate of drug-likeness (QED) is 0.934. The second-order valence-corrected chi connectivity index (χ2v) is 5.37. The highest BCUT2D eigenvalue weighted by Gasteiger charge is 2.13. The predicted molar refractivity (Wildman–Crippen MR) is 78.6 cm³/mol. The van der Waals surface area contributed by atoms with Crippen LogP contribution in [0.5, 0.6) is 0 Å². The zero-order valence-corrected chi connectivity index (χ0v) is 12.7. The van der Waals surface area contributed by atoms with Crippen molar-refractivity contribution in [3.63, 3.8) is 0 Å². The van der Waals surface area contributed by atoms with Crippen LogP contribution in [0.25, 0.3) is 0 Å². The van der Waals surface area contributed by atoms with Crippen LogP contribution in [-0.2, 0) is 19.4 Å². The number of hydrogen-bond donors (Lipinski definition) is 1. The van der Waals surface area contributed by atoms with Crippen LogP contribution in [0, 0.1) is 5.82 Å². The smallest absolute Gasteiger partial charge is 0.124 e. The summed E-state index contributed by atoms with van der Waals surface area (Å²) in [4.78, 5) is 0. The maximum absolute atomic E-state index is 13.4. The van der Waals surface area contributed by atoms with Gasteiger partial charge in [0, 0.05) is 4.47 Å². The van der Waals surface area contributed by atoms with E-state index in [0.717, 1.165) is 40.0 Å². The summed E-state index contributed by atoms with van der Waals surface area (Å²) < 4.78 is 16.0. The second kappa shape index (κ2) is 5.74. The largest absolute Gasteiger partial charge is 0.396 e. The average molecular weight is 326 g/mol. The normalized spacial score (nSPS) is 10.9. The van der Waals surface area contributed by atoms with Gasteiger partial charge in [-0.2, -0.15) is 5.10 Å². The highest BCUT2D eigenvalue weighted by molar-refractivity contribution is 9.10. The van der Waals surface area contributed by atoms with Crippen molar-refractivity contribution in [1.82, 2.24) is 9.78 Å². The zero-order chi connectivity index (χ0) is 14.0. The molecule has 1 aromatic heterocycles. The molecule has 5 heteroatoms. The van der Waals surface area contributed by atoms with Gasteiger partial charge in [-0.1, -0.05) is 29.8 Å². The topological polar surface area (TPSA) is 43.8 Å². The second-order valence-electron chi connectivity index (χ2n) is 4.45. The van der Waals surface area contributed by atoms with Crippen LogP contribution in [0.2, 0.25) is 0 Å². The van der Waals surface area contributed by atoms with Gasteiger partial charge in [0.05, 0.1) is 23.6 Å². The molecule has 0 amide bonds. The summed E-state index contributed by atoms with van der Waals surface area (Å²) in [6, 6.07) is 4.86. The molecule has 0 saturated carbocycles. The van der Waals surface area contributed by atoms with E-state index in [2.05, 4.69) is 21.0 Å². The Labute approximate surface area is 120 Å². The van der Waals surface area contributed by atoms with Crippen molar-refractivity contribution in [3.8, 4) is 0 Å². The van der Waals surface area contributed by atoms with Gasteiger partial charge in [-0.25, -0.2) is 4.39 Å². The Morgan fingerprint density at radius 1 is 1.26 bits per heavy atom. The Balaban J connectivity index is 2.37. The van der Waals surface area contributed by atoms with E-state index in [9.17, 15) is 4.39 Å². The zero-order valence-electron chi connectivity index (χ0n) is 11.1. The van der Waals surface area contributed by atoms with E-state index in [-0.39, 0.29) is 5.82 Å². The van der Waals surface area contributed by atoms with E-state index in [0.29, 0.717) is 6.54 Å². The van der Waals surface area contributed by atoms with Crippen LogP contribution in [0.3, 0.4) is 0 Å². The lowest BCUT2D eigenvalue weighted by atomic mass is 10.2. The summed E-state index contributed by atoms with van der Waals surface area (Å²) in [6.45, 7) is 4.61. The highest BCUT2D eigenvalue weighted by atomic mass is 79.9. The summed E-state index contributed by atoms with van der Waals surface area (Å²) >= 11 is 3.30. The van der Waals surface area contributed by atoms with Crippen LogP contribution in [0.4, 0.5) is 10.1 Å². The van der Waals surface area contributed by atoms with Gasteiger partial charge in [0.25, 0.3) is 0 Å². The van der Waals surface area contributed by atoms with Gasteiger partial charge in [0.15, 0.2) is 0 Å². The van der Waals surface area contributed by atoms with Crippen LogP contribution in [0.1, 0.15) is 30.8 Å². The third-order valence-corrected chi connectivity index (χ3v) is 3.56. The van der Waals surface area contributed by atoms with Crippen LogP contribution < -0.4 is 5.73 Å². The molecule has 1 aromatic carbocycles. The molecule has 0 bridgehead atoms. The molecule has 2 aromatic rings. The Morgan fingerprint density at radius 2 is 2.00 bits per heavy atom. The number of aromatic nitrogens is 2. The van der Waals surface area contributed by atoms with Gasteiger partial charge in [-0.05, 0) is 36.6 Å². The van der Waals surface area contributed by atoms with Crippen molar-refractivity contribution < 1.29 is 4.39 Å². The molecule has 0 spiro atoms. The molecule has 2 N–H and O–H groups in total. The Kier molecular flexibility index (Phi) is 4.24. The molecule has 0 aliphatic carbocycles. The first-order valence-electron chi connectivity index (χ1n) is 6.34. The van der Waals surface area contributed by atoms with Gasteiger partial charge < -0.3 is 5.73 Å². The summed E-state index contributed by atoms with van der Waals surface area (Å²) in [5.41, 5.74) is 9.62. The lowest BCUT2D eigenvalue weighted by Gasteiger charge is -2.07.